The molecule has 0 radical (unpaired) electrons. The van der Waals surface area contributed by atoms with Crippen LogP contribution in [0.15, 0.2) is 48.9 Å². The molecule has 7 heteroatoms. The maximum absolute atomic E-state index is 12.7. The Morgan fingerprint density at radius 3 is 2.69 bits per heavy atom. The number of hydrogen-bond donors (Lipinski definition) is 1. The van der Waals surface area contributed by atoms with Crippen molar-refractivity contribution >= 4 is 11.8 Å². The molecule has 2 heterocycles. The second-order valence-electron chi connectivity index (χ2n) is 6.26. The fourth-order valence-electron chi connectivity index (χ4n) is 3.17. The highest BCUT2D eigenvalue weighted by Gasteiger charge is 2.35. The summed E-state index contributed by atoms with van der Waals surface area (Å²) in [6, 6.07) is 9.73. The predicted octanol–water partition coefficient (Wildman–Crippen LogP) is 0.592. The van der Waals surface area contributed by atoms with E-state index in [1.165, 1.54) is 24.2 Å². The highest BCUT2D eigenvalue weighted by atomic mass is 16.2. The Balaban J connectivity index is 1.67. The molecule has 136 valence electrons. The van der Waals surface area contributed by atoms with E-state index < -0.39 is 6.04 Å². The summed E-state index contributed by atoms with van der Waals surface area (Å²) in [5.74, 6) is -0.416. The molecule has 1 N–H and O–H groups in total. The number of carbonyl (C=O) groups is 2. The molecule has 2 aromatic rings. The molecule has 0 spiro atoms. The zero-order chi connectivity index (χ0) is 18.4. The van der Waals surface area contributed by atoms with E-state index in [1.54, 1.807) is 11.9 Å². The first-order valence-corrected chi connectivity index (χ1v) is 8.74. The highest BCUT2D eigenvalue weighted by molar-refractivity contribution is 5.96. The molecular weight excluding hydrogens is 330 g/mol. The van der Waals surface area contributed by atoms with Gasteiger partial charge in [0.05, 0.1) is 6.20 Å². The second-order valence-corrected chi connectivity index (χ2v) is 6.26. The third-order valence-corrected chi connectivity index (χ3v) is 4.62. The van der Waals surface area contributed by atoms with Crippen LogP contribution in [0.5, 0.6) is 0 Å². The number of nitrogens with zero attached hydrogens (tertiary/aromatic N) is 4. The van der Waals surface area contributed by atoms with Crippen molar-refractivity contribution in [3.05, 3.63) is 60.2 Å². The van der Waals surface area contributed by atoms with Crippen molar-refractivity contribution in [3.8, 4) is 0 Å². The fraction of sp³-hybridized carbons (Fsp3) is 0.368. The zero-order valence-corrected chi connectivity index (χ0v) is 14.8. The van der Waals surface area contributed by atoms with Crippen LogP contribution in [0.2, 0.25) is 0 Å². The van der Waals surface area contributed by atoms with Crippen LogP contribution in [-0.4, -0.2) is 70.9 Å². The van der Waals surface area contributed by atoms with Gasteiger partial charge in [-0.3, -0.25) is 19.5 Å². The van der Waals surface area contributed by atoms with Gasteiger partial charge in [0.1, 0.15) is 11.7 Å². The summed E-state index contributed by atoms with van der Waals surface area (Å²) in [5.41, 5.74) is 1.53. The van der Waals surface area contributed by atoms with Crippen LogP contribution >= 0.6 is 0 Å². The van der Waals surface area contributed by atoms with E-state index in [0.29, 0.717) is 13.1 Å². The van der Waals surface area contributed by atoms with Crippen LogP contribution in [0.4, 0.5) is 0 Å². The van der Waals surface area contributed by atoms with Crippen LogP contribution in [0.25, 0.3) is 0 Å². The molecule has 0 unspecified atom stereocenters. The van der Waals surface area contributed by atoms with Gasteiger partial charge in [-0.25, -0.2) is 4.98 Å². The summed E-state index contributed by atoms with van der Waals surface area (Å²) >= 11 is 0. The van der Waals surface area contributed by atoms with Crippen LogP contribution in [0.3, 0.4) is 0 Å². The first kappa shape index (κ1) is 18.0. The van der Waals surface area contributed by atoms with Gasteiger partial charge in [-0.1, -0.05) is 30.3 Å². The fourth-order valence-corrected chi connectivity index (χ4v) is 3.17. The number of benzene rings is 1. The summed E-state index contributed by atoms with van der Waals surface area (Å²) in [6.45, 7) is 2.58. The van der Waals surface area contributed by atoms with Gasteiger partial charge in [-0.2, -0.15) is 0 Å². The largest absolute Gasteiger partial charge is 0.357 e. The van der Waals surface area contributed by atoms with Gasteiger partial charge in [0, 0.05) is 45.6 Å². The molecule has 1 fully saturated rings. The molecule has 0 saturated carbocycles. The SMILES string of the molecule is CNC(=O)[C@@H]1CN(CCc2ccccc2)CCN1C(=O)c1cnccn1. The molecule has 2 amide bonds. The Labute approximate surface area is 153 Å². The number of aromatic nitrogens is 2. The van der Waals surface area contributed by atoms with Crippen molar-refractivity contribution < 1.29 is 9.59 Å². The molecule has 1 aromatic heterocycles. The van der Waals surface area contributed by atoms with Crippen LogP contribution in [0, 0.1) is 0 Å². The van der Waals surface area contributed by atoms with E-state index in [-0.39, 0.29) is 17.5 Å². The lowest BCUT2D eigenvalue weighted by Crippen LogP contribution is -2.60. The van der Waals surface area contributed by atoms with Crippen molar-refractivity contribution in [2.75, 3.05) is 33.2 Å². The number of hydrogen-bond acceptors (Lipinski definition) is 5. The quantitative estimate of drug-likeness (QED) is 0.851. The number of amides is 2. The highest BCUT2D eigenvalue weighted by Crippen LogP contribution is 2.14. The summed E-state index contributed by atoms with van der Waals surface area (Å²) in [6.07, 6.45) is 5.36. The predicted molar refractivity (Wildman–Crippen MR) is 97.5 cm³/mol. The van der Waals surface area contributed by atoms with Crippen LogP contribution in [0.1, 0.15) is 16.1 Å². The van der Waals surface area contributed by atoms with E-state index in [1.807, 2.05) is 18.2 Å². The number of rotatable bonds is 5. The Bertz CT molecular complexity index is 738. The summed E-state index contributed by atoms with van der Waals surface area (Å²) in [7, 11) is 1.59. The summed E-state index contributed by atoms with van der Waals surface area (Å²) < 4.78 is 0. The average Bonchev–Trinajstić information content (AvgIpc) is 2.72. The first-order valence-electron chi connectivity index (χ1n) is 8.74. The van der Waals surface area contributed by atoms with E-state index >= 15 is 0 Å². The third kappa shape index (κ3) is 4.23. The summed E-state index contributed by atoms with van der Waals surface area (Å²) in [5, 5.41) is 2.67. The molecule has 1 aliphatic rings. The lowest BCUT2D eigenvalue weighted by atomic mass is 10.1. The van der Waals surface area contributed by atoms with Gasteiger partial charge in [0.15, 0.2) is 0 Å². The van der Waals surface area contributed by atoms with E-state index in [4.69, 9.17) is 0 Å². The number of piperazine rings is 1. The van der Waals surface area contributed by atoms with Crippen molar-refractivity contribution in [1.29, 1.82) is 0 Å². The van der Waals surface area contributed by atoms with E-state index in [2.05, 4.69) is 32.3 Å². The van der Waals surface area contributed by atoms with Gasteiger partial charge in [0.25, 0.3) is 5.91 Å². The van der Waals surface area contributed by atoms with Gasteiger partial charge < -0.3 is 10.2 Å². The molecule has 0 aliphatic carbocycles. The standard InChI is InChI=1S/C19H23N5O2/c1-20-18(25)17-14-23(10-7-15-5-3-2-4-6-15)11-12-24(17)19(26)16-13-21-8-9-22-16/h2-6,8-9,13,17H,7,10-12,14H2,1H3,(H,20,25)/t17-/m0/s1. The Hall–Kier alpha value is -2.80. The number of likely N-dealkylation sites (N-methyl/N-ethyl adjacent to an activating group) is 1. The minimum atomic E-state index is -0.529. The minimum Gasteiger partial charge on any atom is -0.357 e. The topological polar surface area (TPSA) is 78.4 Å². The van der Waals surface area contributed by atoms with Crippen molar-refractivity contribution in [2.45, 2.75) is 12.5 Å². The molecular formula is C19H23N5O2. The first-order chi connectivity index (χ1) is 12.7. The van der Waals surface area contributed by atoms with Crippen molar-refractivity contribution in [3.63, 3.8) is 0 Å². The van der Waals surface area contributed by atoms with Gasteiger partial charge in [-0.15, -0.1) is 0 Å². The Morgan fingerprint density at radius 2 is 2.00 bits per heavy atom. The van der Waals surface area contributed by atoms with E-state index in [9.17, 15) is 9.59 Å². The zero-order valence-electron chi connectivity index (χ0n) is 14.8. The number of carbonyl (C=O) groups excluding carboxylic acids is 2. The van der Waals surface area contributed by atoms with Gasteiger partial charge in [0.2, 0.25) is 5.91 Å². The minimum absolute atomic E-state index is 0.161. The maximum Gasteiger partial charge on any atom is 0.274 e. The molecule has 1 aliphatic heterocycles. The van der Waals surface area contributed by atoms with Crippen LogP contribution < -0.4 is 5.32 Å². The van der Waals surface area contributed by atoms with E-state index in [0.717, 1.165) is 19.5 Å². The molecule has 7 nitrogen and oxygen atoms in total. The molecule has 1 aromatic carbocycles. The normalized spacial score (nSPS) is 17.7. The molecule has 1 atom stereocenters. The van der Waals surface area contributed by atoms with Crippen molar-refractivity contribution in [2.24, 2.45) is 0 Å². The second kappa shape index (κ2) is 8.53. The summed E-state index contributed by atoms with van der Waals surface area (Å²) in [4.78, 5) is 37.0. The average molecular weight is 353 g/mol. The number of nitrogens with one attached hydrogen (secondary N) is 1. The Morgan fingerprint density at radius 1 is 1.19 bits per heavy atom. The molecule has 3 rings (SSSR count). The van der Waals surface area contributed by atoms with Gasteiger partial charge >= 0.3 is 0 Å². The third-order valence-electron chi connectivity index (χ3n) is 4.62. The smallest absolute Gasteiger partial charge is 0.274 e. The molecule has 0 bridgehead atoms. The Kier molecular flexibility index (Phi) is 5.91. The molecule has 26 heavy (non-hydrogen) atoms. The van der Waals surface area contributed by atoms with Gasteiger partial charge in [-0.05, 0) is 12.0 Å². The van der Waals surface area contributed by atoms with Crippen molar-refractivity contribution in [1.82, 2.24) is 25.1 Å². The monoisotopic (exact) mass is 353 g/mol. The molecule has 1 saturated heterocycles. The maximum atomic E-state index is 12.7. The lowest BCUT2D eigenvalue weighted by molar-refractivity contribution is -0.127. The van der Waals surface area contributed by atoms with Crippen LogP contribution in [-0.2, 0) is 11.2 Å². The lowest BCUT2D eigenvalue weighted by Gasteiger charge is -2.40.